The van der Waals surface area contributed by atoms with Crippen LogP contribution in [-0.4, -0.2) is 24.7 Å². The maximum Gasteiger partial charge on any atom is 0.213 e. The summed E-state index contributed by atoms with van der Waals surface area (Å²) in [4.78, 5) is 4.61. The van der Waals surface area contributed by atoms with E-state index in [4.69, 9.17) is 9.15 Å². The van der Waals surface area contributed by atoms with Crippen molar-refractivity contribution in [3.05, 3.63) is 17.8 Å². The van der Waals surface area contributed by atoms with Gasteiger partial charge in [-0.15, -0.1) is 0 Å². The Bertz CT molecular complexity index is 339. The minimum atomic E-state index is 0.143. The molecule has 0 bridgehead atoms. The Morgan fingerprint density at radius 3 is 2.94 bits per heavy atom. The van der Waals surface area contributed by atoms with Crippen molar-refractivity contribution in [3.8, 4) is 0 Å². The van der Waals surface area contributed by atoms with Gasteiger partial charge in [0.2, 0.25) is 5.89 Å². The molecular formula is C12H18N2O2. The van der Waals surface area contributed by atoms with Crippen LogP contribution in [0.5, 0.6) is 0 Å². The van der Waals surface area contributed by atoms with Crippen molar-refractivity contribution in [3.63, 3.8) is 0 Å². The van der Waals surface area contributed by atoms with Crippen LogP contribution in [0.3, 0.4) is 0 Å². The van der Waals surface area contributed by atoms with Crippen LogP contribution in [0.2, 0.25) is 0 Å². The van der Waals surface area contributed by atoms with Gasteiger partial charge >= 0.3 is 0 Å². The van der Waals surface area contributed by atoms with E-state index in [2.05, 4.69) is 10.3 Å². The topological polar surface area (TPSA) is 47.3 Å². The molecule has 1 saturated carbocycles. The summed E-state index contributed by atoms with van der Waals surface area (Å²) < 4.78 is 11.0. The van der Waals surface area contributed by atoms with Crippen molar-refractivity contribution in [2.24, 2.45) is 0 Å². The van der Waals surface area contributed by atoms with E-state index < -0.39 is 0 Å². The Hall–Kier alpha value is -0.870. The van der Waals surface area contributed by atoms with Gasteiger partial charge in [-0.1, -0.05) is 12.8 Å². The van der Waals surface area contributed by atoms with Gasteiger partial charge < -0.3 is 14.5 Å². The molecule has 1 aromatic heterocycles. The lowest BCUT2D eigenvalue weighted by Gasteiger charge is -2.20. The van der Waals surface area contributed by atoms with E-state index >= 15 is 0 Å². The highest BCUT2D eigenvalue weighted by Crippen LogP contribution is 2.34. The molecule has 1 unspecified atom stereocenters. The van der Waals surface area contributed by atoms with Crippen LogP contribution in [0.4, 0.5) is 0 Å². The number of hydrogen-bond acceptors (Lipinski definition) is 4. The minimum Gasteiger partial charge on any atom is -0.447 e. The molecule has 1 aliphatic heterocycles. The van der Waals surface area contributed by atoms with E-state index in [0.717, 1.165) is 24.7 Å². The lowest BCUT2D eigenvalue weighted by atomic mass is 10.1. The Labute approximate surface area is 95.4 Å². The van der Waals surface area contributed by atoms with Gasteiger partial charge in [-0.3, -0.25) is 0 Å². The predicted molar refractivity (Wildman–Crippen MR) is 59.3 cm³/mol. The van der Waals surface area contributed by atoms with E-state index in [1.165, 1.54) is 25.7 Å². The maximum atomic E-state index is 5.56. The third-order valence-electron chi connectivity index (χ3n) is 3.53. The van der Waals surface area contributed by atoms with Gasteiger partial charge in [-0.25, -0.2) is 4.98 Å². The van der Waals surface area contributed by atoms with E-state index in [-0.39, 0.29) is 6.04 Å². The van der Waals surface area contributed by atoms with E-state index in [0.29, 0.717) is 12.5 Å². The van der Waals surface area contributed by atoms with Crippen LogP contribution in [0.25, 0.3) is 0 Å². The van der Waals surface area contributed by atoms with Crippen LogP contribution in [-0.2, 0) is 4.74 Å². The Balaban J connectivity index is 1.71. The summed E-state index contributed by atoms with van der Waals surface area (Å²) >= 11 is 0. The summed E-state index contributed by atoms with van der Waals surface area (Å²) in [5.41, 5.74) is 1.14. The number of nitrogens with zero attached hydrogens (tertiary/aromatic N) is 1. The fourth-order valence-electron chi connectivity index (χ4n) is 2.59. The Kier molecular flexibility index (Phi) is 2.93. The second-order valence-electron chi connectivity index (χ2n) is 4.67. The highest BCUT2D eigenvalue weighted by atomic mass is 16.5. The zero-order valence-electron chi connectivity index (χ0n) is 9.45. The lowest BCUT2D eigenvalue weighted by Crippen LogP contribution is -2.34. The maximum absolute atomic E-state index is 5.56. The minimum absolute atomic E-state index is 0.143. The molecule has 1 aliphatic carbocycles. The smallest absolute Gasteiger partial charge is 0.213 e. The first-order chi connectivity index (χ1) is 7.93. The summed E-state index contributed by atoms with van der Waals surface area (Å²) in [6, 6.07) is 0.143. The predicted octanol–water partition coefficient (Wildman–Crippen LogP) is 1.99. The highest BCUT2D eigenvalue weighted by Gasteiger charge is 2.24. The number of rotatable bonds is 2. The molecule has 4 heteroatoms. The van der Waals surface area contributed by atoms with Crippen LogP contribution >= 0.6 is 0 Å². The average molecular weight is 222 g/mol. The van der Waals surface area contributed by atoms with E-state index in [9.17, 15) is 0 Å². The molecule has 16 heavy (non-hydrogen) atoms. The van der Waals surface area contributed by atoms with Gasteiger partial charge in [0.1, 0.15) is 12.3 Å². The molecule has 2 fully saturated rings. The van der Waals surface area contributed by atoms with Crippen molar-refractivity contribution in [2.45, 2.75) is 37.6 Å². The fourth-order valence-corrected chi connectivity index (χ4v) is 2.59. The molecule has 2 heterocycles. The summed E-state index contributed by atoms with van der Waals surface area (Å²) in [7, 11) is 0. The van der Waals surface area contributed by atoms with Crippen molar-refractivity contribution in [2.75, 3.05) is 19.8 Å². The van der Waals surface area contributed by atoms with Crippen molar-refractivity contribution < 1.29 is 9.15 Å². The molecule has 0 amide bonds. The van der Waals surface area contributed by atoms with Crippen LogP contribution in [0.15, 0.2) is 10.7 Å². The van der Waals surface area contributed by atoms with Crippen LogP contribution in [0, 0.1) is 0 Å². The zero-order valence-corrected chi connectivity index (χ0v) is 9.45. The number of morpholine rings is 1. The zero-order chi connectivity index (χ0) is 10.8. The number of oxazole rings is 1. The fraction of sp³-hybridized carbons (Fsp3) is 0.750. The summed E-state index contributed by atoms with van der Waals surface area (Å²) in [5, 5.41) is 3.36. The molecule has 1 N–H and O–H groups in total. The van der Waals surface area contributed by atoms with Crippen molar-refractivity contribution in [1.82, 2.24) is 10.3 Å². The molecule has 0 aromatic carbocycles. The number of ether oxygens (including phenoxy) is 1. The quantitative estimate of drug-likeness (QED) is 0.831. The molecule has 3 rings (SSSR count). The normalized spacial score (nSPS) is 27.4. The van der Waals surface area contributed by atoms with E-state index in [1.54, 1.807) is 0 Å². The summed E-state index contributed by atoms with van der Waals surface area (Å²) in [6.07, 6.45) is 7.03. The molecular weight excluding hydrogens is 204 g/mol. The van der Waals surface area contributed by atoms with Gasteiger partial charge in [-0.05, 0) is 12.8 Å². The second kappa shape index (κ2) is 4.55. The third kappa shape index (κ3) is 1.99. The van der Waals surface area contributed by atoms with Crippen molar-refractivity contribution >= 4 is 0 Å². The van der Waals surface area contributed by atoms with E-state index in [1.807, 2.05) is 6.26 Å². The molecule has 4 nitrogen and oxygen atoms in total. The first kappa shape index (κ1) is 10.3. The number of nitrogens with one attached hydrogen (secondary N) is 1. The number of aromatic nitrogens is 1. The van der Waals surface area contributed by atoms with Crippen LogP contribution in [0.1, 0.15) is 49.2 Å². The first-order valence-corrected chi connectivity index (χ1v) is 6.20. The van der Waals surface area contributed by atoms with Gasteiger partial charge in [-0.2, -0.15) is 0 Å². The summed E-state index contributed by atoms with van der Waals surface area (Å²) in [5.74, 6) is 1.42. The Morgan fingerprint density at radius 1 is 1.31 bits per heavy atom. The van der Waals surface area contributed by atoms with Crippen LogP contribution < -0.4 is 5.32 Å². The largest absolute Gasteiger partial charge is 0.447 e. The SMILES string of the molecule is c1oc(C2COCCN2)nc1C1CCCC1. The van der Waals surface area contributed by atoms with Gasteiger partial charge in [0.25, 0.3) is 0 Å². The standard InChI is InChI=1S/C12H18N2O2/c1-2-4-9(3-1)10-8-16-12(14-10)11-7-15-6-5-13-11/h8-9,11,13H,1-7H2. The summed E-state index contributed by atoms with van der Waals surface area (Å²) in [6.45, 7) is 2.34. The van der Waals surface area contributed by atoms with Crippen molar-refractivity contribution in [1.29, 1.82) is 0 Å². The Morgan fingerprint density at radius 2 is 2.19 bits per heavy atom. The van der Waals surface area contributed by atoms with Gasteiger partial charge in [0.05, 0.1) is 18.9 Å². The average Bonchev–Trinajstić information content (AvgIpc) is 3.01. The monoisotopic (exact) mass is 222 g/mol. The number of hydrogen-bond donors (Lipinski definition) is 1. The van der Waals surface area contributed by atoms with Gasteiger partial charge in [0, 0.05) is 12.5 Å². The highest BCUT2D eigenvalue weighted by molar-refractivity contribution is 5.08. The molecule has 1 atom stereocenters. The molecule has 0 spiro atoms. The van der Waals surface area contributed by atoms with Gasteiger partial charge in [0.15, 0.2) is 0 Å². The third-order valence-corrected chi connectivity index (χ3v) is 3.53. The molecule has 1 saturated heterocycles. The molecule has 88 valence electrons. The first-order valence-electron chi connectivity index (χ1n) is 6.20. The molecule has 2 aliphatic rings. The molecule has 1 aromatic rings. The lowest BCUT2D eigenvalue weighted by molar-refractivity contribution is 0.0681. The second-order valence-corrected chi connectivity index (χ2v) is 4.67. The molecule has 0 radical (unpaired) electrons.